The number of alkyl halides is 1. The Morgan fingerprint density at radius 1 is 0.864 bits per heavy atom. The maximum atomic E-state index is 6.84. The first-order chi connectivity index (χ1) is 10.6. The van der Waals surface area contributed by atoms with E-state index in [9.17, 15) is 0 Å². The van der Waals surface area contributed by atoms with E-state index < -0.39 is 0 Å². The predicted octanol–water partition coefficient (Wildman–Crippen LogP) is 5.09. The first-order valence-electron chi connectivity index (χ1n) is 8.42. The lowest BCUT2D eigenvalue weighted by molar-refractivity contribution is 0.400. The lowest BCUT2D eigenvalue weighted by Gasteiger charge is -2.36. The SMILES string of the molecule is Cc1ccc(C2(c3ccc(C)cc3)C3CC4C(C3Cl)C42)cc1. The van der Waals surface area contributed by atoms with Crippen LogP contribution in [-0.4, -0.2) is 5.38 Å². The summed E-state index contributed by atoms with van der Waals surface area (Å²) >= 11 is 6.84. The molecule has 0 amide bonds. The number of benzene rings is 2. The second-order valence-corrected chi connectivity index (χ2v) is 8.16. The van der Waals surface area contributed by atoms with Crippen molar-refractivity contribution in [1.82, 2.24) is 0 Å². The molecule has 6 rings (SSSR count). The molecule has 2 aromatic rings. The Morgan fingerprint density at radius 2 is 1.36 bits per heavy atom. The van der Waals surface area contributed by atoms with Gasteiger partial charge in [-0.25, -0.2) is 0 Å². The third-order valence-corrected chi connectivity index (χ3v) is 7.27. The Kier molecular flexibility index (Phi) is 2.50. The van der Waals surface area contributed by atoms with E-state index >= 15 is 0 Å². The fourth-order valence-corrected chi connectivity index (χ4v) is 6.44. The Hall–Kier alpha value is -1.27. The van der Waals surface area contributed by atoms with Gasteiger partial charge in [0.05, 0.1) is 0 Å². The van der Waals surface area contributed by atoms with E-state index in [1.807, 2.05) is 0 Å². The number of hydrogen-bond acceptors (Lipinski definition) is 0. The van der Waals surface area contributed by atoms with Gasteiger partial charge in [0.15, 0.2) is 0 Å². The summed E-state index contributed by atoms with van der Waals surface area (Å²) in [5.41, 5.74) is 5.82. The highest BCUT2D eigenvalue weighted by Gasteiger charge is 2.80. The molecule has 4 fully saturated rings. The number of halogens is 1. The van der Waals surface area contributed by atoms with Crippen LogP contribution in [0.2, 0.25) is 0 Å². The molecule has 0 spiro atoms. The molecule has 0 aliphatic heterocycles. The van der Waals surface area contributed by atoms with Crippen LogP contribution < -0.4 is 0 Å². The summed E-state index contributed by atoms with van der Waals surface area (Å²) in [5.74, 6) is 3.01. The van der Waals surface area contributed by atoms with Crippen molar-refractivity contribution in [2.45, 2.75) is 31.1 Å². The predicted molar refractivity (Wildman–Crippen MR) is 91.4 cm³/mol. The molecule has 0 saturated heterocycles. The number of hydrogen-bond donors (Lipinski definition) is 0. The first kappa shape index (κ1) is 13.2. The molecule has 22 heavy (non-hydrogen) atoms. The fourth-order valence-electron chi connectivity index (χ4n) is 5.79. The van der Waals surface area contributed by atoms with Crippen molar-refractivity contribution in [1.29, 1.82) is 0 Å². The van der Waals surface area contributed by atoms with Gasteiger partial charge in [-0.3, -0.25) is 0 Å². The van der Waals surface area contributed by atoms with Crippen LogP contribution in [0.3, 0.4) is 0 Å². The van der Waals surface area contributed by atoms with E-state index in [-0.39, 0.29) is 5.41 Å². The summed E-state index contributed by atoms with van der Waals surface area (Å²) in [6.45, 7) is 4.34. The van der Waals surface area contributed by atoms with Crippen molar-refractivity contribution in [3.63, 3.8) is 0 Å². The second-order valence-electron chi connectivity index (χ2n) is 7.65. The van der Waals surface area contributed by atoms with Crippen LogP contribution in [0.25, 0.3) is 0 Å². The lowest BCUT2D eigenvalue weighted by Crippen LogP contribution is -2.34. The molecule has 112 valence electrons. The molecule has 0 heterocycles. The van der Waals surface area contributed by atoms with Crippen molar-refractivity contribution in [2.24, 2.45) is 23.7 Å². The van der Waals surface area contributed by atoms with Crippen LogP contribution in [0.5, 0.6) is 0 Å². The van der Waals surface area contributed by atoms with E-state index in [0.717, 1.165) is 17.8 Å². The third kappa shape index (κ3) is 1.41. The van der Waals surface area contributed by atoms with Crippen LogP contribution >= 0.6 is 11.6 Å². The van der Waals surface area contributed by atoms with Gasteiger partial charge in [-0.1, -0.05) is 59.7 Å². The molecular weight excluding hydrogens is 288 g/mol. The molecule has 0 radical (unpaired) electrons. The van der Waals surface area contributed by atoms with Gasteiger partial charge in [0.2, 0.25) is 0 Å². The molecule has 1 heteroatoms. The van der Waals surface area contributed by atoms with Crippen LogP contribution in [0, 0.1) is 37.5 Å². The highest BCUT2D eigenvalue weighted by atomic mass is 35.5. The van der Waals surface area contributed by atoms with Gasteiger partial charge in [0, 0.05) is 10.8 Å². The quantitative estimate of drug-likeness (QED) is 0.678. The summed E-state index contributed by atoms with van der Waals surface area (Å²) in [5, 5.41) is 0.373. The van der Waals surface area contributed by atoms with E-state index in [0.29, 0.717) is 11.3 Å². The third-order valence-electron chi connectivity index (χ3n) is 6.68. The molecule has 0 N–H and O–H groups in total. The van der Waals surface area contributed by atoms with Gasteiger partial charge in [0.1, 0.15) is 0 Å². The van der Waals surface area contributed by atoms with E-state index in [1.54, 1.807) is 0 Å². The van der Waals surface area contributed by atoms with Crippen molar-refractivity contribution in [3.05, 3.63) is 70.8 Å². The van der Waals surface area contributed by atoms with Gasteiger partial charge in [0.25, 0.3) is 0 Å². The van der Waals surface area contributed by atoms with Crippen molar-refractivity contribution in [3.8, 4) is 0 Å². The zero-order valence-electron chi connectivity index (χ0n) is 13.1. The maximum Gasteiger partial charge on any atom is 0.0410 e. The standard InChI is InChI=1S/C21H21Cl/c1-12-3-7-14(8-4-12)21(15-9-5-13(2)6-10-15)17-11-16-18(19(16)21)20(17)22/h3-10,16-20H,11H2,1-2H3. The summed E-state index contributed by atoms with van der Waals surface area (Å²) in [6.07, 6.45) is 1.32. The molecular formula is C21H21Cl. The largest absolute Gasteiger partial charge is 0.122 e. The molecule has 5 atom stereocenters. The lowest BCUT2D eigenvalue weighted by atomic mass is 9.67. The topological polar surface area (TPSA) is 0 Å². The van der Waals surface area contributed by atoms with Gasteiger partial charge < -0.3 is 0 Å². The van der Waals surface area contributed by atoms with Gasteiger partial charge >= 0.3 is 0 Å². The summed E-state index contributed by atoms with van der Waals surface area (Å²) in [7, 11) is 0. The molecule has 0 nitrogen and oxygen atoms in total. The highest BCUT2D eigenvalue weighted by molar-refractivity contribution is 6.22. The van der Waals surface area contributed by atoms with Crippen LogP contribution in [0.15, 0.2) is 48.5 Å². The smallest absolute Gasteiger partial charge is 0.0410 e. The van der Waals surface area contributed by atoms with Crippen LogP contribution in [-0.2, 0) is 5.41 Å². The number of rotatable bonds is 2. The fraction of sp³-hybridized carbons (Fsp3) is 0.429. The molecule has 4 bridgehead atoms. The molecule has 4 aliphatic carbocycles. The normalized spacial score (nSPS) is 36.6. The van der Waals surface area contributed by atoms with Gasteiger partial charge in [-0.05, 0) is 55.1 Å². The maximum absolute atomic E-state index is 6.84. The van der Waals surface area contributed by atoms with Crippen LogP contribution in [0.1, 0.15) is 28.7 Å². The van der Waals surface area contributed by atoms with Crippen molar-refractivity contribution < 1.29 is 0 Å². The summed E-state index contributed by atoms with van der Waals surface area (Å²) in [4.78, 5) is 0. The molecule has 0 aromatic heterocycles. The van der Waals surface area contributed by atoms with Crippen molar-refractivity contribution >= 4 is 11.6 Å². The van der Waals surface area contributed by atoms with E-state index in [1.165, 1.54) is 28.7 Å². The van der Waals surface area contributed by atoms with Crippen molar-refractivity contribution in [2.75, 3.05) is 0 Å². The summed E-state index contributed by atoms with van der Waals surface area (Å²) < 4.78 is 0. The van der Waals surface area contributed by atoms with Gasteiger partial charge in [-0.2, -0.15) is 0 Å². The second kappa shape index (κ2) is 4.17. The highest BCUT2D eigenvalue weighted by Crippen LogP contribution is 2.81. The van der Waals surface area contributed by atoms with Crippen LogP contribution in [0.4, 0.5) is 0 Å². The Bertz CT molecular complexity index is 682. The zero-order chi connectivity index (χ0) is 15.1. The average Bonchev–Trinajstić information content (AvgIpc) is 2.86. The Labute approximate surface area is 137 Å². The zero-order valence-corrected chi connectivity index (χ0v) is 13.8. The number of aryl methyl sites for hydroxylation is 2. The minimum absolute atomic E-state index is 0.170. The minimum atomic E-state index is 0.170. The Balaban J connectivity index is 1.74. The molecule has 5 unspecified atom stereocenters. The average molecular weight is 309 g/mol. The minimum Gasteiger partial charge on any atom is -0.122 e. The van der Waals surface area contributed by atoms with E-state index in [4.69, 9.17) is 11.6 Å². The van der Waals surface area contributed by atoms with E-state index in [2.05, 4.69) is 62.4 Å². The molecule has 4 aliphatic rings. The summed E-state index contributed by atoms with van der Waals surface area (Å²) in [6, 6.07) is 18.5. The first-order valence-corrected chi connectivity index (χ1v) is 8.86. The molecule has 4 saturated carbocycles. The monoisotopic (exact) mass is 308 g/mol. The Morgan fingerprint density at radius 3 is 1.68 bits per heavy atom. The molecule has 2 aromatic carbocycles. The van der Waals surface area contributed by atoms with Gasteiger partial charge in [-0.15, -0.1) is 11.6 Å².